The van der Waals surface area contributed by atoms with Crippen LogP contribution in [0, 0.1) is 13.8 Å². The summed E-state index contributed by atoms with van der Waals surface area (Å²) >= 11 is 0. The van der Waals surface area contributed by atoms with Gasteiger partial charge in [-0.3, -0.25) is 19.3 Å². The van der Waals surface area contributed by atoms with Gasteiger partial charge in [-0.25, -0.2) is 0 Å². The molecular formula is C18H28N4O3. The minimum Gasteiger partial charge on any atom is -0.354 e. The van der Waals surface area contributed by atoms with Gasteiger partial charge in [-0.05, 0) is 32.8 Å². The van der Waals surface area contributed by atoms with Crippen LogP contribution in [-0.2, 0) is 4.79 Å². The zero-order valence-corrected chi connectivity index (χ0v) is 15.8. The molecular weight excluding hydrogens is 320 g/mol. The summed E-state index contributed by atoms with van der Waals surface area (Å²) in [6.45, 7) is 8.22. The Morgan fingerprint density at radius 2 is 1.76 bits per heavy atom. The lowest BCUT2D eigenvalue weighted by atomic mass is 10.1. The maximum absolute atomic E-state index is 12.9. The maximum atomic E-state index is 12.9. The van der Waals surface area contributed by atoms with E-state index in [4.69, 9.17) is 0 Å². The number of aromatic amines is 1. The Kier molecular flexibility index (Phi) is 6.00. The van der Waals surface area contributed by atoms with Crippen molar-refractivity contribution >= 4 is 17.6 Å². The lowest BCUT2D eigenvalue weighted by Crippen LogP contribution is -2.39. The van der Waals surface area contributed by atoms with Gasteiger partial charge in [-0.2, -0.15) is 0 Å². The summed E-state index contributed by atoms with van der Waals surface area (Å²) in [4.78, 5) is 45.1. The number of carbonyl (C=O) groups excluding carboxylic acids is 3. The Morgan fingerprint density at radius 3 is 2.32 bits per heavy atom. The summed E-state index contributed by atoms with van der Waals surface area (Å²) < 4.78 is 0. The molecule has 2 amide bonds. The number of hydrogen-bond donors (Lipinski definition) is 1. The normalized spacial score (nSPS) is 15.8. The summed E-state index contributed by atoms with van der Waals surface area (Å²) in [6, 6.07) is 0. The second-order valence-corrected chi connectivity index (χ2v) is 6.89. The molecule has 1 aromatic heterocycles. The number of nitrogens with one attached hydrogen (secondary N) is 1. The Bertz CT molecular complexity index is 678. The van der Waals surface area contributed by atoms with Gasteiger partial charge in [-0.15, -0.1) is 0 Å². The van der Waals surface area contributed by atoms with Crippen molar-refractivity contribution in [3.05, 3.63) is 22.5 Å². The third-order valence-corrected chi connectivity index (χ3v) is 4.74. The Labute approximate surface area is 149 Å². The predicted molar refractivity (Wildman–Crippen MR) is 95.9 cm³/mol. The van der Waals surface area contributed by atoms with Gasteiger partial charge in [0.25, 0.3) is 5.91 Å². The third kappa shape index (κ3) is 4.28. The van der Waals surface area contributed by atoms with Crippen LogP contribution in [0.15, 0.2) is 0 Å². The molecule has 0 bridgehead atoms. The number of aryl methyl sites for hydroxylation is 1. The van der Waals surface area contributed by atoms with Gasteiger partial charge in [-0.1, -0.05) is 0 Å². The average Bonchev–Trinajstić information content (AvgIpc) is 2.70. The van der Waals surface area contributed by atoms with E-state index in [1.165, 1.54) is 6.92 Å². The second kappa shape index (κ2) is 7.82. The molecule has 2 heterocycles. The van der Waals surface area contributed by atoms with Crippen molar-refractivity contribution in [2.45, 2.75) is 27.2 Å². The molecule has 0 spiro atoms. The number of aromatic nitrogens is 1. The molecule has 1 fully saturated rings. The number of carbonyl (C=O) groups is 3. The first-order valence-corrected chi connectivity index (χ1v) is 8.64. The van der Waals surface area contributed by atoms with E-state index >= 15 is 0 Å². The van der Waals surface area contributed by atoms with E-state index in [-0.39, 0.29) is 17.6 Å². The standard InChI is InChI=1S/C18H28N4O3/c1-12-16(14(3)23)13(2)19-17(12)18(25)22-8-6-7-21(9-10-22)11-15(24)20(4)5/h19H,6-11H2,1-5H3. The zero-order chi connectivity index (χ0) is 18.7. The van der Waals surface area contributed by atoms with Crippen LogP contribution in [0.25, 0.3) is 0 Å². The van der Waals surface area contributed by atoms with Crippen LogP contribution >= 0.6 is 0 Å². The fraction of sp³-hybridized carbons (Fsp3) is 0.611. The van der Waals surface area contributed by atoms with Crippen molar-refractivity contribution in [3.63, 3.8) is 0 Å². The lowest BCUT2D eigenvalue weighted by Gasteiger charge is -2.22. The van der Waals surface area contributed by atoms with Gasteiger partial charge in [0, 0.05) is 51.5 Å². The smallest absolute Gasteiger partial charge is 0.270 e. The Hall–Kier alpha value is -2.15. The van der Waals surface area contributed by atoms with Gasteiger partial charge in [0.1, 0.15) is 5.69 Å². The molecule has 0 unspecified atom stereocenters. The molecule has 0 atom stereocenters. The number of Topliss-reactive ketones (excluding diaryl/α,β-unsaturated/α-hetero) is 1. The van der Waals surface area contributed by atoms with E-state index in [1.807, 2.05) is 18.7 Å². The number of H-pyrrole nitrogens is 1. The molecule has 0 saturated carbocycles. The molecule has 2 rings (SSSR count). The molecule has 1 saturated heterocycles. The second-order valence-electron chi connectivity index (χ2n) is 6.89. The average molecular weight is 348 g/mol. The van der Waals surface area contributed by atoms with Crippen LogP contribution in [0.2, 0.25) is 0 Å². The van der Waals surface area contributed by atoms with E-state index in [1.54, 1.807) is 19.0 Å². The van der Waals surface area contributed by atoms with Crippen molar-refractivity contribution in [3.8, 4) is 0 Å². The van der Waals surface area contributed by atoms with Crippen molar-refractivity contribution in [1.82, 2.24) is 19.7 Å². The van der Waals surface area contributed by atoms with Crippen molar-refractivity contribution in [2.75, 3.05) is 46.8 Å². The highest BCUT2D eigenvalue weighted by Crippen LogP contribution is 2.20. The van der Waals surface area contributed by atoms with Crippen molar-refractivity contribution < 1.29 is 14.4 Å². The number of rotatable bonds is 4. The van der Waals surface area contributed by atoms with Crippen molar-refractivity contribution in [1.29, 1.82) is 0 Å². The Balaban J connectivity index is 2.08. The van der Waals surface area contributed by atoms with Gasteiger partial charge in [0.15, 0.2) is 5.78 Å². The molecule has 7 nitrogen and oxygen atoms in total. The summed E-state index contributed by atoms with van der Waals surface area (Å²) in [5.74, 6) is -0.0369. The minimum absolute atomic E-state index is 0.0328. The van der Waals surface area contributed by atoms with Gasteiger partial charge < -0.3 is 14.8 Å². The SMILES string of the molecule is CC(=O)c1c(C)[nH]c(C(=O)N2CCCN(CC(=O)N(C)C)CC2)c1C. The molecule has 0 aliphatic carbocycles. The molecule has 0 aromatic carbocycles. The summed E-state index contributed by atoms with van der Waals surface area (Å²) in [7, 11) is 3.50. The van der Waals surface area contributed by atoms with Crippen LogP contribution < -0.4 is 0 Å². The van der Waals surface area contributed by atoms with E-state index in [9.17, 15) is 14.4 Å². The topological polar surface area (TPSA) is 76.7 Å². The van der Waals surface area contributed by atoms with Crippen molar-refractivity contribution in [2.24, 2.45) is 0 Å². The monoisotopic (exact) mass is 348 g/mol. The van der Waals surface area contributed by atoms with E-state index in [0.717, 1.165) is 24.2 Å². The third-order valence-electron chi connectivity index (χ3n) is 4.74. The van der Waals surface area contributed by atoms with Crippen LogP contribution in [0.3, 0.4) is 0 Å². The molecule has 1 aliphatic rings. The quantitative estimate of drug-likeness (QED) is 0.826. The van der Waals surface area contributed by atoms with E-state index in [2.05, 4.69) is 9.88 Å². The molecule has 1 N–H and O–H groups in total. The van der Waals surface area contributed by atoms with E-state index in [0.29, 0.717) is 37.4 Å². The highest BCUT2D eigenvalue weighted by atomic mass is 16.2. The number of amides is 2. The number of hydrogen-bond acceptors (Lipinski definition) is 4. The summed E-state index contributed by atoms with van der Waals surface area (Å²) in [5.41, 5.74) is 2.57. The first-order chi connectivity index (χ1) is 11.7. The Morgan fingerprint density at radius 1 is 1.08 bits per heavy atom. The number of ketones is 1. The summed E-state index contributed by atoms with van der Waals surface area (Å²) in [5, 5.41) is 0. The van der Waals surface area contributed by atoms with Gasteiger partial charge >= 0.3 is 0 Å². The van der Waals surface area contributed by atoms with Crippen LogP contribution in [0.1, 0.15) is 45.4 Å². The first kappa shape index (κ1) is 19.2. The predicted octanol–water partition coefficient (Wildman–Crippen LogP) is 1.07. The molecule has 1 aliphatic heterocycles. The van der Waals surface area contributed by atoms with E-state index < -0.39 is 0 Å². The van der Waals surface area contributed by atoms with Gasteiger partial charge in [0.2, 0.25) is 5.91 Å². The fourth-order valence-corrected chi connectivity index (χ4v) is 3.31. The lowest BCUT2D eigenvalue weighted by molar-refractivity contribution is -0.129. The molecule has 138 valence electrons. The maximum Gasteiger partial charge on any atom is 0.270 e. The highest BCUT2D eigenvalue weighted by molar-refractivity contribution is 6.02. The highest BCUT2D eigenvalue weighted by Gasteiger charge is 2.26. The largest absolute Gasteiger partial charge is 0.354 e. The molecule has 7 heteroatoms. The number of nitrogens with zero attached hydrogens (tertiary/aromatic N) is 3. The van der Waals surface area contributed by atoms with Crippen LogP contribution in [0.4, 0.5) is 0 Å². The first-order valence-electron chi connectivity index (χ1n) is 8.64. The molecule has 1 aromatic rings. The fourth-order valence-electron chi connectivity index (χ4n) is 3.31. The summed E-state index contributed by atoms with van der Waals surface area (Å²) in [6.07, 6.45) is 0.824. The van der Waals surface area contributed by atoms with Crippen LogP contribution in [-0.4, -0.2) is 84.1 Å². The van der Waals surface area contributed by atoms with Crippen LogP contribution in [0.5, 0.6) is 0 Å². The molecule has 25 heavy (non-hydrogen) atoms. The molecule has 0 radical (unpaired) electrons. The number of likely N-dealkylation sites (N-methyl/N-ethyl adjacent to an activating group) is 1. The van der Waals surface area contributed by atoms with Gasteiger partial charge in [0.05, 0.1) is 6.54 Å². The minimum atomic E-state index is -0.0751. The zero-order valence-electron chi connectivity index (χ0n) is 15.8.